The van der Waals surface area contributed by atoms with E-state index in [1.54, 1.807) is 26.0 Å². The molecular weight excluding hydrogens is 512 g/mol. The summed E-state index contributed by atoms with van der Waals surface area (Å²) in [6, 6.07) is 13.4. The Morgan fingerprint density at radius 1 is 0.964 bits per heavy atom. The molecule has 1 aliphatic heterocycles. The molecule has 0 bridgehead atoms. The van der Waals surface area contributed by atoms with E-state index >= 15 is 0 Å². The Kier molecular flexibility index (Phi) is 5.76. The smallest absolute Gasteiger partial charge is 0.338 e. The van der Waals surface area contributed by atoms with Gasteiger partial charge in [0.15, 0.2) is 0 Å². The van der Waals surface area contributed by atoms with Crippen LogP contribution in [0.25, 0.3) is 0 Å². The van der Waals surface area contributed by atoms with E-state index in [2.05, 4.69) is 31.9 Å². The Morgan fingerprint density at radius 2 is 1.46 bits per heavy atom. The highest BCUT2D eigenvalue weighted by Gasteiger charge is 2.46. The summed E-state index contributed by atoms with van der Waals surface area (Å²) < 4.78 is 38.4. The molecule has 2 aromatic carbocycles. The predicted molar refractivity (Wildman–Crippen MR) is 112 cm³/mol. The van der Waals surface area contributed by atoms with E-state index in [0.717, 1.165) is 14.5 Å². The van der Waals surface area contributed by atoms with Gasteiger partial charge in [-0.3, -0.25) is 0 Å². The first-order valence-electron chi connectivity index (χ1n) is 8.40. The van der Waals surface area contributed by atoms with E-state index in [9.17, 15) is 13.2 Å². The van der Waals surface area contributed by atoms with Crippen molar-refractivity contribution >= 4 is 47.9 Å². The van der Waals surface area contributed by atoms with Gasteiger partial charge in [0.2, 0.25) is 0 Å². The summed E-state index contributed by atoms with van der Waals surface area (Å²) in [7, 11) is -4.11. The topological polar surface area (TPSA) is 69.7 Å². The number of rotatable bonds is 4. The SMILES string of the molecule is CC1=C(OS(=O)(=O)c2ccc(Br)cc2)C(C)(C)[C@H](c2ccc(Br)cc2)OC1=O. The van der Waals surface area contributed by atoms with Crippen LogP contribution < -0.4 is 0 Å². The summed E-state index contributed by atoms with van der Waals surface area (Å²) in [5, 5.41) is 0. The highest BCUT2D eigenvalue weighted by molar-refractivity contribution is 9.10. The lowest BCUT2D eigenvalue weighted by Crippen LogP contribution is -2.37. The van der Waals surface area contributed by atoms with Crippen LogP contribution in [0.2, 0.25) is 0 Å². The maximum absolute atomic E-state index is 12.8. The zero-order valence-corrected chi connectivity index (χ0v) is 19.4. The fraction of sp³-hybridized carbons (Fsp3) is 0.250. The van der Waals surface area contributed by atoms with E-state index in [4.69, 9.17) is 8.92 Å². The van der Waals surface area contributed by atoms with Crippen LogP contribution in [0.4, 0.5) is 0 Å². The Morgan fingerprint density at radius 3 is 2.00 bits per heavy atom. The Hall–Kier alpha value is -1.64. The van der Waals surface area contributed by atoms with Crippen LogP contribution in [0.3, 0.4) is 0 Å². The van der Waals surface area contributed by atoms with E-state index < -0.39 is 27.6 Å². The molecule has 0 aliphatic carbocycles. The van der Waals surface area contributed by atoms with Crippen molar-refractivity contribution in [2.75, 3.05) is 0 Å². The summed E-state index contributed by atoms with van der Waals surface area (Å²) in [4.78, 5) is 12.4. The molecule has 0 aromatic heterocycles. The first kappa shape index (κ1) is 21.1. The van der Waals surface area contributed by atoms with E-state index in [1.807, 2.05) is 24.3 Å². The molecule has 0 saturated heterocycles. The second kappa shape index (κ2) is 7.65. The van der Waals surface area contributed by atoms with Crippen molar-refractivity contribution in [2.24, 2.45) is 5.41 Å². The molecule has 1 atom stereocenters. The largest absolute Gasteiger partial charge is 0.453 e. The average Bonchev–Trinajstić information content (AvgIpc) is 2.63. The molecular formula is C20H18Br2O5S. The molecule has 0 unspecified atom stereocenters. The standard InChI is InChI=1S/C20H18Br2O5S/c1-12-17(27-28(24,25)16-10-8-15(22)9-11-16)20(2,3)18(26-19(12)23)13-4-6-14(21)7-5-13/h4-11,18H,1-3H3/t18-/m0/s1. The molecule has 148 valence electrons. The second-order valence-corrected chi connectivity index (χ2v) is 10.4. The van der Waals surface area contributed by atoms with Gasteiger partial charge >= 0.3 is 16.1 Å². The quantitative estimate of drug-likeness (QED) is 0.385. The van der Waals surface area contributed by atoms with Gasteiger partial charge in [-0.15, -0.1) is 0 Å². The van der Waals surface area contributed by atoms with Crippen molar-refractivity contribution in [3.05, 3.63) is 74.4 Å². The molecule has 28 heavy (non-hydrogen) atoms. The number of ether oxygens (including phenoxy) is 1. The minimum Gasteiger partial charge on any atom is -0.453 e. The Labute approximate surface area is 181 Å². The maximum Gasteiger partial charge on any atom is 0.338 e. The highest BCUT2D eigenvalue weighted by Crippen LogP contribution is 2.48. The number of hydrogen-bond acceptors (Lipinski definition) is 5. The summed E-state index contributed by atoms with van der Waals surface area (Å²) in [5.41, 5.74) is -0.0101. The molecule has 0 amide bonds. The van der Waals surface area contributed by atoms with Crippen LogP contribution in [0.1, 0.15) is 32.4 Å². The van der Waals surface area contributed by atoms with Gasteiger partial charge in [-0.05, 0) is 62.7 Å². The highest BCUT2D eigenvalue weighted by atomic mass is 79.9. The van der Waals surface area contributed by atoms with Crippen LogP contribution in [-0.4, -0.2) is 14.4 Å². The first-order chi connectivity index (χ1) is 13.0. The fourth-order valence-electron chi connectivity index (χ4n) is 3.09. The molecule has 3 rings (SSSR count). The lowest BCUT2D eigenvalue weighted by atomic mass is 9.77. The van der Waals surface area contributed by atoms with Crippen molar-refractivity contribution in [3.63, 3.8) is 0 Å². The van der Waals surface area contributed by atoms with Gasteiger partial charge in [-0.1, -0.05) is 44.0 Å². The van der Waals surface area contributed by atoms with Crippen molar-refractivity contribution in [2.45, 2.75) is 31.8 Å². The molecule has 0 saturated carbocycles. The number of halogens is 2. The molecule has 2 aromatic rings. The number of cyclic esters (lactones) is 1. The zero-order valence-electron chi connectivity index (χ0n) is 15.4. The van der Waals surface area contributed by atoms with Gasteiger partial charge in [0.05, 0.1) is 11.0 Å². The van der Waals surface area contributed by atoms with Crippen LogP contribution in [0.5, 0.6) is 0 Å². The third-order valence-electron chi connectivity index (χ3n) is 4.58. The normalized spacial score (nSPS) is 19.3. The first-order valence-corrected chi connectivity index (χ1v) is 11.4. The van der Waals surface area contributed by atoms with Crippen LogP contribution in [0.15, 0.2) is 73.7 Å². The molecule has 0 N–H and O–H groups in total. The monoisotopic (exact) mass is 528 g/mol. The average molecular weight is 530 g/mol. The molecule has 0 radical (unpaired) electrons. The number of carbonyl (C=O) groups excluding carboxylic acids is 1. The number of esters is 1. The number of benzene rings is 2. The zero-order chi connectivity index (χ0) is 20.7. The lowest BCUT2D eigenvalue weighted by Gasteiger charge is -2.39. The van der Waals surface area contributed by atoms with Gasteiger partial charge in [0, 0.05) is 8.95 Å². The van der Waals surface area contributed by atoms with Gasteiger partial charge in [0.25, 0.3) is 0 Å². The van der Waals surface area contributed by atoms with Crippen LogP contribution in [-0.2, 0) is 23.8 Å². The number of carbonyl (C=O) groups is 1. The van der Waals surface area contributed by atoms with Crippen molar-refractivity contribution in [1.82, 2.24) is 0 Å². The molecule has 0 spiro atoms. The summed E-state index contributed by atoms with van der Waals surface area (Å²) in [5.74, 6) is -0.521. The van der Waals surface area contributed by atoms with Crippen LogP contribution in [0, 0.1) is 5.41 Å². The summed E-state index contributed by atoms with van der Waals surface area (Å²) >= 11 is 6.65. The van der Waals surface area contributed by atoms with E-state index in [0.29, 0.717) is 0 Å². The van der Waals surface area contributed by atoms with Gasteiger partial charge in [-0.2, -0.15) is 8.42 Å². The molecule has 0 fully saturated rings. The minimum atomic E-state index is -4.11. The van der Waals surface area contributed by atoms with E-state index in [1.165, 1.54) is 19.1 Å². The number of hydrogen-bond donors (Lipinski definition) is 0. The van der Waals surface area contributed by atoms with Crippen molar-refractivity contribution in [3.8, 4) is 0 Å². The molecule has 1 heterocycles. The lowest BCUT2D eigenvalue weighted by molar-refractivity contribution is -0.154. The van der Waals surface area contributed by atoms with Crippen molar-refractivity contribution < 1.29 is 22.1 Å². The summed E-state index contributed by atoms with van der Waals surface area (Å²) in [6.07, 6.45) is -0.688. The van der Waals surface area contributed by atoms with Gasteiger partial charge < -0.3 is 8.92 Å². The predicted octanol–water partition coefficient (Wildman–Crippen LogP) is 5.52. The maximum atomic E-state index is 12.8. The third-order valence-corrected chi connectivity index (χ3v) is 6.87. The van der Waals surface area contributed by atoms with Gasteiger partial charge in [-0.25, -0.2) is 4.79 Å². The van der Waals surface area contributed by atoms with Gasteiger partial charge in [0.1, 0.15) is 16.8 Å². The fourth-order valence-corrected chi connectivity index (χ4v) is 4.74. The minimum absolute atomic E-state index is 0.00549. The summed E-state index contributed by atoms with van der Waals surface area (Å²) in [6.45, 7) is 5.10. The molecule has 5 nitrogen and oxygen atoms in total. The van der Waals surface area contributed by atoms with Crippen LogP contribution >= 0.6 is 31.9 Å². The molecule has 8 heteroatoms. The van der Waals surface area contributed by atoms with E-state index in [-0.39, 0.29) is 16.2 Å². The molecule has 1 aliphatic rings. The Bertz CT molecular complexity index is 1040. The Balaban J connectivity index is 2.02. The van der Waals surface area contributed by atoms with Crippen molar-refractivity contribution in [1.29, 1.82) is 0 Å². The third kappa shape index (κ3) is 4.04. The second-order valence-electron chi connectivity index (χ2n) is 7.00.